The lowest BCUT2D eigenvalue weighted by Crippen LogP contribution is -2.30. The normalized spacial score (nSPS) is 13.2. The SMILES string of the molecule is N=C(c1ccc(Cl)cc1)C(C(=O)c1ccc(Br)s1)C(O)c1cccnc1. The highest BCUT2D eigenvalue weighted by Gasteiger charge is 2.34. The van der Waals surface area contributed by atoms with E-state index in [1.54, 1.807) is 54.7 Å². The maximum absolute atomic E-state index is 13.1. The highest BCUT2D eigenvalue weighted by molar-refractivity contribution is 9.11. The van der Waals surface area contributed by atoms with E-state index in [1.807, 2.05) is 0 Å². The smallest absolute Gasteiger partial charge is 0.184 e. The van der Waals surface area contributed by atoms with Crippen molar-refractivity contribution in [2.45, 2.75) is 6.10 Å². The molecule has 2 atom stereocenters. The van der Waals surface area contributed by atoms with E-state index >= 15 is 0 Å². The van der Waals surface area contributed by atoms with Crippen LogP contribution in [0.25, 0.3) is 0 Å². The lowest BCUT2D eigenvalue weighted by atomic mass is 9.84. The molecule has 4 nitrogen and oxygen atoms in total. The molecule has 0 bridgehead atoms. The number of hydrogen-bond acceptors (Lipinski definition) is 5. The Morgan fingerprint density at radius 2 is 1.92 bits per heavy atom. The number of carbonyl (C=O) groups excluding carboxylic acids is 1. The molecule has 0 spiro atoms. The summed E-state index contributed by atoms with van der Waals surface area (Å²) < 4.78 is 0.813. The van der Waals surface area contributed by atoms with Gasteiger partial charge in [-0.25, -0.2) is 0 Å². The number of ketones is 1. The van der Waals surface area contributed by atoms with E-state index < -0.39 is 12.0 Å². The van der Waals surface area contributed by atoms with E-state index in [0.29, 0.717) is 21.0 Å². The Hall–Kier alpha value is -1.86. The van der Waals surface area contributed by atoms with Crippen molar-refractivity contribution >= 4 is 50.4 Å². The second-order valence-electron chi connectivity index (χ2n) is 5.60. The predicted molar refractivity (Wildman–Crippen MR) is 107 cm³/mol. The number of aromatic nitrogens is 1. The maximum Gasteiger partial charge on any atom is 0.184 e. The maximum atomic E-state index is 13.1. The van der Waals surface area contributed by atoms with Crippen molar-refractivity contribution in [3.05, 3.63) is 85.7 Å². The minimum Gasteiger partial charge on any atom is -0.387 e. The van der Waals surface area contributed by atoms with Gasteiger partial charge in [0.05, 0.1) is 26.4 Å². The molecular weight excluding hydrogens is 436 g/mol. The minimum atomic E-state index is -1.18. The van der Waals surface area contributed by atoms with Crippen LogP contribution in [0.2, 0.25) is 5.02 Å². The number of pyridine rings is 1. The number of hydrogen-bond donors (Lipinski definition) is 2. The van der Waals surface area contributed by atoms with Gasteiger partial charge in [0.25, 0.3) is 0 Å². The standard InChI is InChI=1S/C19H14BrClN2O2S/c20-15-8-7-14(26-15)19(25)16(18(24)12-2-1-9-23-10-12)17(22)11-3-5-13(21)6-4-11/h1-10,16,18,22,24H. The largest absolute Gasteiger partial charge is 0.387 e. The summed E-state index contributed by atoms with van der Waals surface area (Å²) >= 11 is 10.5. The van der Waals surface area contributed by atoms with Crippen LogP contribution in [0.4, 0.5) is 0 Å². The molecule has 0 aliphatic heterocycles. The number of thiophene rings is 1. The molecule has 0 radical (unpaired) electrons. The molecule has 2 N–H and O–H groups in total. The van der Waals surface area contributed by atoms with Gasteiger partial charge < -0.3 is 10.5 Å². The molecular formula is C19H14BrClN2O2S. The van der Waals surface area contributed by atoms with Crippen LogP contribution in [0.15, 0.2) is 64.7 Å². The number of benzene rings is 1. The van der Waals surface area contributed by atoms with Gasteiger partial charge in [-0.1, -0.05) is 29.8 Å². The zero-order chi connectivity index (χ0) is 18.7. The van der Waals surface area contributed by atoms with E-state index in [9.17, 15) is 9.90 Å². The monoisotopic (exact) mass is 448 g/mol. The molecule has 2 heterocycles. The molecule has 0 aliphatic rings. The van der Waals surface area contributed by atoms with Gasteiger partial charge in [-0.15, -0.1) is 11.3 Å². The molecule has 0 fully saturated rings. The van der Waals surface area contributed by atoms with Crippen molar-refractivity contribution < 1.29 is 9.90 Å². The number of carbonyl (C=O) groups is 1. The molecule has 3 rings (SSSR count). The average Bonchev–Trinajstić information content (AvgIpc) is 3.09. The number of nitrogens with one attached hydrogen (secondary N) is 1. The van der Waals surface area contributed by atoms with Crippen molar-refractivity contribution in [2.75, 3.05) is 0 Å². The second kappa shape index (κ2) is 8.22. The second-order valence-corrected chi connectivity index (χ2v) is 8.50. The van der Waals surface area contributed by atoms with Crippen LogP contribution < -0.4 is 0 Å². The van der Waals surface area contributed by atoms with Crippen LogP contribution >= 0.6 is 38.9 Å². The third-order valence-corrected chi connectivity index (χ3v) is 5.80. The Morgan fingerprint density at radius 3 is 2.50 bits per heavy atom. The zero-order valence-electron chi connectivity index (χ0n) is 13.4. The van der Waals surface area contributed by atoms with Gasteiger partial charge in [0.1, 0.15) is 0 Å². The first-order valence-electron chi connectivity index (χ1n) is 7.69. The molecule has 0 aliphatic carbocycles. The molecule has 2 aromatic heterocycles. The van der Waals surface area contributed by atoms with E-state index in [1.165, 1.54) is 17.5 Å². The van der Waals surface area contributed by atoms with Crippen LogP contribution in [0.5, 0.6) is 0 Å². The Morgan fingerprint density at radius 1 is 1.19 bits per heavy atom. The van der Waals surface area contributed by atoms with E-state index in [2.05, 4.69) is 20.9 Å². The van der Waals surface area contributed by atoms with Crippen molar-refractivity contribution in [3.8, 4) is 0 Å². The average molecular weight is 450 g/mol. The van der Waals surface area contributed by atoms with Crippen molar-refractivity contribution in [3.63, 3.8) is 0 Å². The summed E-state index contributed by atoms with van der Waals surface area (Å²) in [7, 11) is 0. The van der Waals surface area contributed by atoms with Crippen LogP contribution in [-0.2, 0) is 0 Å². The fourth-order valence-corrected chi connectivity index (χ4v) is 4.08. The third-order valence-electron chi connectivity index (χ3n) is 3.91. The molecule has 26 heavy (non-hydrogen) atoms. The van der Waals surface area contributed by atoms with Crippen LogP contribution in [-0.4, -0.2) is 21.6 Å². The number of aliphatic hydroxyl groups excluding tert-OH is 1. The van der Waals surface area contributed by atoms with Gasteiger partial charge in [0.2, 0.25) is 0 Å². The molecule has 1 aromatic carbocycles. The number of aliphatic hydroxyl groups is 1. The first-order valence-corrected chi connectivity index (χ1v) is 9.68. The lowest BCUT2D eigenvalue weighted by molar-refractivity contribution is 0.0797. The van der Waals surface area contributed by atoms with Gasteiger partial charge in [-0.05, 0) is 57.4 Å². The Labute approximate surface area is 168 Å². The molecule has 0 saturated heterocycles. The summed E-state index contributed by atoms with van der Waals surface area (Å²) in [6.07, 6.45) is 1.92. The highest BCUT2D eigenvalue weighted by atomic mass is 79.9. The summed E-state index contributed by atoms with van der Waals surface area (Å²) in [5.41, 5.74) is 1.05. The fourth-order valence-electron chi connectivity index (χ4n) is 2.58. The van der Waals surface area contributed by atoms with Crippen molar-refractivity contribution in [1.82, 2.24) is 4.98 Å². The summed E-state index contributed by atoms with van der Waals surface area (Å²) in [5.74, 6) is -1.36. The van der Waals surface area contributed by atoms with Crippen molar-refractivity contribution in [2.24, 2.45) is 5.92 Å². The van der Waals surface area contributed by atoms with Crippen LogP contribution in [0.1, 0.15) is 26.9 Å². The molecule has 132 valence electrons. The third kappa shape index (κ3) is 4.10. The Bertz CT molecular complexity index is 928. The Balaban J connectivity index is 2.02. The zero-order valence-corrected chi connectivity index (χ0v) is 16.6. The predicted octanol–water partition coefficient (Wildman–Crippen LogP) is 5.16. The Kier molecular flexibility index (Phi) is 5.98. The fraction of sp³-hybridized carbons (Fsp3) is 0.105. The number of halogens is 2. The quantitative estimate of drug-likeness (QED) is 0.403. The lowest BCUT2D eigenvalue weighted by Gasteiger charge is -2.22. The number of nitrogens with zero attached hydrogens (tertiary/aromatic N) is 1. The minimum absolute atomic E-state index is 0.0348. The van der Waals surface area contributed by atoms with Gasteiger partial charge in [0, 0.05) is 17.4 Å². The van der Waals surface area contributed by atoms with E-state index in [0.717, 1.165) is 3.79 Å². The van der Waals surface area contributed by atoms with Crippen LogP contribution in [0.3, 0.4) is 0 Å². The van der Waals surface area contributed by atoms with Crippen LogP contribution in [0, 0.1) is 11.3 Å². The summed E-state index contributed by atoms with van der Waals surface area (Å²) in [4.78, 5) is 17.6. The number of Topliss-reactive ketones (excluding diaryl/α,β-unsaturated/α-hetero) is 1. The highest BCUT2D eigenvalue weighted by Crippen LogP contribution is 2.32. The molecule has 0 amide bonds. The first kappa shape index (κ1) is 18.9. The van der Waals surface area contributed by atoms with Gasteiger partial charge in [-0.3, -0.25) is 9.78 Å². The van der Waals surface area contributed by atoms with Gasteiger partial charge in [0.15, 0.2) is 5.78 Å². The van der Waals surface area contributed by atoms with Crippen molar-refractivity contribution in [1.29, 1.82) is 5.41 Å². The topological polar surface area (TPSA) is 74.0 Å². The molecule has 0 saturated carbocycles. The molecule has 7 heteroatoms. The van der Waals surface area contributed by atoms with E-state index in [-0.39, 0.29) is 11.5 Å². The first-order chi connectivity index (χ1) is 12.5. The molecule has 2 unspecified atom stereocenters. The van der Waals surface area contributed by atoms with Gasteiger partial charge >= 0.3 is 0 Å². The van der Waals surface area contributed by atoms with E-state index in [4.69, 9.17) is 17.0 Å². The summed E-state index contributed by atoms with van der Waals surface area (Å²) in [6.45, 7) is 0. The molecule has 3 aromatic rings. The summed E-state index contributed by atoms with van der Waals surface area (Å²) in [6, 6.07) is 13.5. The number of rotatable bonds is 6. The van der Waals surface area contributed by atoms with Gasteiger partial charge in [-0.2, -0.15) is 0 Å². The summed E-state index contributed by atoms with van der Waals surface area (Å²) in [5, 5.41) is 20.0.